The Bertz CT molecular complexity index is 903. The molecule has 0 saturated carbocycles. The van der Waals surface area contributed by atoms with Crippen LogP contribution in [0.15, 0.2) is 78.9 Å². The first-order valence-corrected chi connectivity index (χ1v) is 7.51. The van der Waals surface area contributed by atoms with Gasteiger partial charge in [0.15, 0.2) is 0 Å². The van der Waals surface area contributed by atoms with Crippen molar-refractivity contribution in [3.05, 3.63) is 90.0 Å². The van der Waals surface area contributed by atoms with Crippen LogP contribution in [-0.2, 0) is 0 Å². The van der Waals surface area contributed by atoms with E-state index in [-0.39, 0.29) is 22.6 Å². The molecule has 0 atom stereocenters. The van der Waals surface area contributed by atoms with Gasteiger partial charge in [0, 0.05) is 0 Å². The number of phenolic OH excluding ortho intramolecular Hbond substituents is 1. The van der Waals surface area contributed by atoms with Crippen molar-refractivity contribution in [3.8, 4) is 17.2 Å². The van der Waals surface area contributed by atoms with E-state index in [2.05, 4.69) is 0 Å². The summed E-state index contributed by atoms with van der Waals surface area (Å²) in [6, 6.07) is 20.9. The molecular formula is C20H14O5. The third kappa shape index (κ3) is 3.84. The summed E-state index contributed by atoms with van der Waals surface area (Å²) < 4.78 is 10.5. The molecule has 3 aromatic rings. The highest BCUT2D eigenvalue weighted by atomic mass is 16.5. The smallest absolute Gasteiger partial charge is 0.347 e. The summed E-state index contributed by atoms with van der Waals surface area (Å²) in [7, 11) is 0. The van der Waals surface area contributed by atoms with Gasteiger partial charge >= 0.3 is 11.9 Å². The van der Waals surface area contributed by atoms with E-state index in [1.54, 1.807) is 54.6 Å². The third-order valence-corrected chi connectivity index (χ3v) is 3.39. The van der Waals surface area contributed by atoms with Gasteiger partial charge in [-0.05, 0) is 36.4 Å². The molecule has 3 aromatic carbocycles. The molecule has 0 aliphatic carbocycles. The van der Waals surface area contributed by atoms with Crippen LogP contribution >= 0.6 is 0 Å². The van der Waals surface area contributed by atoms with E-state index in [1.165, 1.54) is 24.3 Å². The second-order valence-electron chi connectivity index (χ2n) is 5.11. The molecule has 124 valence electrons. The number of carbonyl (C=O) groups is 2. The van der Waals surface area contributed by atoms with Gasteiger partial charge in [0.25, 0.3) is 0 Å². The van der Waals surface area contributed by atoms with E-state index in [0.29, 0.717) is 5.75 Å². The summed E-state index contributed by atoms with van der Waals surface area (Å²) in [4.78, 5) is 24.6. The highest BCUT2D eigenvalue weighted by molar-refractivity contribution is 5.98. The number of carbonyl (C=O) groups excluding carboxylic acids is 2. The number of hydrogen-bond donors (Lipinski definition) is 1. The van der Waals surface area contributed by atoms with Crippen LogP contribution in [0.3, 0.4) is 0 Å². The molecule has 0 saturated heterocycles. The predicted molar refractivity (Wildman–Crippen MR) is 90.9 cm³/mol. The third-order valence-electron chi connectivity index (χ3n) is 3.39. The van der Waals surface area contributed by atoms with Gasteiger partial charge in [-0.3, -0.25) is 0 Å². The predicted octanol–water partition coefficient (Wildman–Crippen LogP) is 3.83. The van der Waals surface area contributed by atoms with Crippen molar-refractivity contribution in [2.24, 2.45) is 0 Å². The minimum absolute atomic E-state index is 0.00808. The molecule has 0 aromatic heterocycles. The average Bonchev–Trinajstić information content (AvgIpc) is 2.63. The van der Waals surface area contributed by atoms with Crippen LogP contribution in [0.25, 0.3) is 0 Å². The number of rotatable bonds is 4. The maximum atomic E-state index is 12.4. The Morgan fingerprint density at radius 2 is 1.20 bits per heavy atom. The van der Waals surface area contributed by atoms with Gasteiger partial charge < -0.3 is 14.6 Å². The Morgan fingerprint density at radius 1 is 0.640 bits per heavy atom. The Labute approximate surface area is 144 Å². The fourth-order valence-electron chi connectivity index (χ4n) is 2.18. The van der Waals surface area contributed by atoms with Gasteiger partial charge in [-0.25, -0.2) is 9.59 Å². The molecule has 0 unspecified atom stereocenters. The molecule has 0 amide bonds. The summed E-state index contributed by atoms with van der Waals surface area (Å²) >= 11 is 0. The lowest BCUT2D eigenvalue weighted by Gasteiger charge is -2.10. The molecule has 5 nitrogen and oxygen atoms in total. The number of ether oxygens (including phenoxy) is 2. The highest BCUT2D eigenvalue weighted by Crippen LogP contribution is 2.24. The van der Waals surface area contributed by atoms with Crippen LogP contribution in [0, 0.1) is 0 Å². The van der Waals surface area contributed by atoms with E-state index >= 15 is 0 Å². The number of hydrogen-bond acceptors (Lipinski definition) is 5. The SMILES string of the molecule is O=C(Oc1ccccc1C(=O)Oc1ccccc1)c1ccccc1O. The molecule has 0 bridgehead atoms. The number of para-hydroxylation sites is 3. The van der Waals surface area contributed by atoms with Crippen molar-refractivity contribution >= 4 is 11.9 Å². The first-order valence-electron chi connectivity index (χ1n) is 7.51. The standard InChI is InChI=1S/C20H14O5/c21-17-12-6-4-10-15(17)19(22)25-18-13-7-5-11-16(18)20(23)24-14-8-2-1-3-9-14/h1-13,21H. The van der Waals surface area contributed by atoms with Gasteiger partial charge in [0.1, 0.15) is 28.4 Å². The molecule has 5 heteroatoms. The number of phenols is 1. The van der Waals surface area contributed by atoms with E-state index in [1.807, 2.05) is 0 Å². The number of benzene rings is 3. The molecular weight excluding hydrogens is 320 g/mol. The van der Waals surface area contributed by atoms with Gasteiger partial charge in [-0.1, -0.05) is 42.5 Å². The Balaban J connectivity index is 1.82. The monoisotopic (exact) mass is 334 g/mol. The summed E-state index contributed by atoms with van der Waals surface area (Å²) in [6.45, 7) is 0. The Morgan fingerprint density at radius 3 is 1.92 bits per heavy atom. The van der Waals surface area contributed by atoms with Crippen molar-refractivity contribution < 1.29 is 24.2 Å². The van der Waals surface area contributed by atoms with E-state index in [4.69, 9.17) is 9.47 Å². The maximum Gasteiger partial charge on any atom is 0.347 e. The molecule has 0 spiro atoms. The lowest BCUT2D eigenvalue weighted by molar-refractivity contribution is 0.0705. The van der Waals surface area contributed by atoms with Crippen LogP contribution in [0.5, 0.6) is 17.2 Å². The van der Waals surface area contributed by atoms with Crippen molar-refractivity contribution in [2.75, 3.05) is 0 Å². The normalized spacial score (nSPS) is 10.1. The zero-order valence-electron chi connectivity index (χ0n) is 13.1. The summed E-state index contributed by atoms with van der Waals surface area (Å²) in [5.74, 6) is -1.17. The zero-order valence-corrected chi connectivity index (χ0v) is 13.1. The minimum atomic E-state index is -0.766. The van der Waals surface area contributed by atoms with Crippen molar-refractivity contribution in [1.29, 1.82) is 0 Å². The van der Waals surface area contributed by atoms with Gasteiger partial charge in [-0.2, -0.15) is 0 Å². The Kier molecular flexibility index (Phi) is 4.76. The molecule has 25 heavy (non-hydrogen) atoms. The Hall–Kier alpha value is -3.60. The zero-order chi connectivity index (χ0) is 17.6. The summed E-state index contributed by atoms with van der Waals surface area (Å²) in [5.41, 5.74) is 0.115. The van der Waals surface area contributed by atoms with E-state index in [9.17, 15) is 14.7 Å². The van der Waals surface area contributed by atoms with Crippen LogP contribution in [0.2, 0.25) is 0 Å². The number of aromatic hydroxyl groups is 1. The largest absolute Gasteiger partial charge is 0.507 e. The van der Waals surface area contributed by atoms with E-state index in [0.717, 1.165) is 0 Å². The fourth-order valence-corrected chi connectivity index (χ4v) is 2.18. The van der Waals surface area contributed by atoms with Crippen molar-refractivity contribution in [3.63, 3.8) is 0 Å². The summed E-state index contributed by atoms with van der Waals surface area (Å²) in [6.07, 6.45) is 0. The lowest BCUT2D eigenvalue weighted by Crippen LogP contribution is -2.14. The van der Waals surface area contributed by atoms with Crippen LogP contribution < -0.4 is 9.47 Å². The average molecular weight is 334 g/mol. The fraction of sp³-hybridized carbons (Fsp3) is 0. The van der Waals surface area contributed by atoms with Gasteiger partial charge in [0.05, 0.1) is 0 Å². The molecule has 0 fully saturated rings. The van der Waals surface area contributed by atoms with Crippen molar-refractivity contribution in [2.45, 2.75) is 0 Å². The molecule has 0 aliphatic rings. The first kappa shape index (κ1) is 16.3. The topological polar surface area (TPSA) is 72.8 Å². The van der Waals surface area contributed by atoms with Gasteiger partial charge in [-0.15, -0.1) is 0 Å². The van der Waals surface area contributed by atoms with Crippen molar-refractivity contribution in [1.82, 2.24) is 0 Å². The summed E-state index contributed by atoms with van der Waals surface area (Å²) in [5, 5.41) is 9.74. The second kappa shape index (κ2) is 7.31. The lowest BCUT2D eigenvalue weighted by atomic mass is 10.2. The number of esters is 2. The van der Waals surface area contributed by atoms with Crippen LogP contribution in [-0.4, -0.2) is 17.0 Å². The highest BCUT2D eigenvalue weighted by Gasteiger charge is 2.19. The second-order valence-corrected chi connectivity index (χ2v) is 5.11. The van der Waals surface area contributed by atoms with Gasteiger partial charge in [0.2, 0.25) is 0 Å². The molecule has 0 radical (unpaired) electrons. The molecule has 0 aliphatic heterocycles. The first-order chi connectivity index (χ1) is 12.1. The minimum Gasteiger partial charge on any atom is -0.507 e. The molecule has 0 heterocycles. The maximum absolute atomic E-state index is 12.4. The van der Waals surface area contributed by atoms with Crippen LogP contribution in [0.4, 0.5) is 0 Å². The quantitative estimate of drug-likeness (QED) is 0.580. The molecule has 1 N–H and O–H groups in total. The van der Waals surface area contributed by atoms with Crippen LogP contribution in [0.1, 0.15) is 20.7 Å². The van der Waals surface area contributed by atoms with E-state index < -0.39 is 11.9 Å². The molecule has 3 rings (SSSR count).